The van der Waals surface area contributed by atoms with Crippen molar-refractivity contribution < 1.29 is 14.3 Å². The van der Waals surface area contributed by atoms with Gasteiger partial charge in [-0.1, -0.05) is 0 Å². The number of anilines is 1. The van der Waals surface area contributed by atoms with Crippen LogP contribution in [-0.4, -0.2) is 40.4 Å². The van der Waals surface area contributed by atoms with Gasteiger partial charge in [0.05, 0.1) is 37.1 Å². The van der Waals surface area contributed by atoms with E-state index < -0.39 is 6.03 Å². The van der Waals surface area contributed by atoms with E-state index in [4.69, 9.17) is 15.2 Å². The van der Waals surface area contributed by atoms with Crippen LogP contribution in [-0.2, 0) is 0 Å². The van der Waals surface area contributed by atoms with Crippen molar-refractivity contribution in [1.82, 2.24) is 20.2 Å². The van der Waals surface area contributed by atoms with Crippen molar-refractivity contribution in [3.63, 3.8) is 0 Å². The summed E-state index contributed by atoms with van der Waals surface area (Å²) in [6, 6.07) is 2.86. The van der Waals surface area contributed by atoms with Gasteiger partial charge in [0.2, 0.25) is 0 Å². The second-order valence-electron chi connectivity index (χ2n) is 4.46. The fraction of sp³-hybridized carbons (Fsp3) is 0.154. The molecule has 2 aromatic heterocycles. The number of nitrogens with zero attached hydrogens (tertiary/aromatic N) is 2. The summed E-state index contributed by atoms with van der Waals surface area (Å²) in [7, 11) is 3.12. The van der Waals surface area contributed by atoms with E-state index in [1.165, 1.54) is 6.20 Å². The molecule has 0 unspecified atom stereocenters. The van der Waals surface area contributed by atoms with Gasteiger partial charge < -0.3 is 25.5 Å². The number of hydrogen-bond donors (Lipinski definition) is 4. The van der Waals surface area contributed by atoms with E-state index in [9.17, 15) is 4.79 Å². The number of hydrogen-bond acceptors (Lipinski definition) is 5. The summed E-state index contributed by atoms with van der Waals surface area (Å²) in [4.78, 5) is 18.6. The number of fused-ring (bicyclic) bond motifs is 1. The van der Waals surface area contributed by atoms with Gasteiger partial charge in [0.1, 0.15) is 5.69 Å². The van der Waals surface area contributed by atoms with Gasteiger partial charge in [-0.05, 0) is 0 Å². The molecule has 0 aliphatic carbocycles. The molecule has 0 fully saturated rings. The maximum atomic E-state index is 11.0. The molecule has 3 aromatic rings. The number of amides is 2. The van der Waals surface area contributed by atoms with E-state index in [0.717, 1.165) is 5.52 Å². The molecule has 0 bridgehead atoms. The van der Waals surface area contributed by atoms with Crippen molar-refractivity contribution in [2.75, 3.05) is 19.5 Å². The quantitative estimate of drug-likeness (QED) is 0.579. The van der Waals surface area contributed by atoms with Crippen molar-refractivity contribution in [3.8, 4) is 23.0 Å². The lowest BCUT2D eigenvalue weighted by Crippen LogP contribution is -2.19. The number of ether oxygens (including phenoxy) is 2. The molecule has 114 valence electrons. The normalized spacial score (nSPS) is 10.6. The number of rotatable bonds is 4. The van der Waals surface area contributed by atoms with Gasteiger partial charge in [-0.25, -0.2) is 9.78 Å². The lowest BCUT2D eigenvalue weighted by atomic mass is 10.3. The number of carbonyl (C=O) groups is 1. The number of primary amides is 1. The van der Waals surface area contributed by atoms with Crippen LogP contribution in [0.1, 0.15) is 0 Å². The van der Waals surface area contributed by atoms with Crippen LogP contribution in [0.5, 0.6) is 11.5 Å². The van der Waals surface area contributed by atoms with Crippen LogP contribution in [0.25, 0.3) is 22.6 Å². The number of H-pyrrole nitrogens is 2. The maximum absolute atomic E-state index is 11.0. The number of benzene rings is 1. The standard InChI is InChI=1S/C13H14N6O3/c1-21-9-3-6-7(4-10(9)22-2)17-12(16-6)11-8(5-15-19-11)18-13(14)20/h3-5H,1-2H3,(H,15,19)(H,16,17)(H3,14,18,20). The molecular weight excluding hydrogens is 288 g/mol. The summed E-state index contributed by atoms with van der Waals surface area (Å²) in [5.74, 6) is 1.67. The highest BCUT2D eigenvalue weighted by atomic mass is 16.5. The van der Waals surface area contributed by atoms with E-state index in [1.807, 2.05) is 0 Å². The number of aromatic amines is 2. The highest BCUT2D eigenvalue weighted by Gasteiger charge is 2.15. The molecule has 0 atom stereocenters. The number of aromatic nitrogens is 4. The van der Waals surface area contributed by atoms with Crippen LogP contribution in [0, 0.1) is 0 Å². The van der Waals surface area contributed by atoms with Crippen molar-refractivity contribution in [2.45, 2.75) is 0 Å². The van der Waals surface area contributed by atoms with Gasteiger partial charge >= 0.3 is 6.03 Å². The largest absolute Gasteiger partial charge is 0.493 e. The molecule has 0 spiro atoms. The molecule has 9 heteroatoms. The SMILES string of the molecule is COc1cc2nc(-c3[nH]ncc3NC(N)=O)[nH]c2cc1OC. The second kappa shape index (κ2) is 5.28. The third-order valence-electron chi connectivity index (χ3n) is 3.12. The second-order valence-corrected chi connectivity index (χ2v) is 4.46. The molecule has 0 radical (unpaired) electrons. The first-order chi connectivity index (χ1) is 10.6. The summed E-state index contributed by atoms with van der Waals surface area (Å²) in [6.07, 6.45) is 1.45. The van der Waals surface area contributed by atoms with Crippen molar-refractivity contribution in [3.05, 3.63) is 18.3 Å². The lowest BCUT2D eigenvalue weighted by molar-refractivity contribution is 0.259. The molecule has 0 saturated heterocycles. The number of nitrogens with two attached hydrogens (primary N) is 1. The highest BCUT2D eigenvalue weighted by molar-refractivity contribution is 5.92. The van der Waals surface area contributed by atoms with Crippen LogP contribution in [0.2, 0.25) is 0 Å². The predicted molar refractivity (Wildman–Crippen MR) is 80.0 cm³/mol. The summed E-state index contributed by atoms with van der Waals surface area (Å²) in [5.41, 5.74) is 7.53. The Balaban J connectivity index is 2.09. The zero-order valence-corrected chi connectivity index (χ0v) is 11.9. The Hall–Kier alpha value is -3.23. The molecule has 3 rings (SSSR count). The number of methoxy groups -OCH3 is 2. The van der Waals surface area contributed by atoms with E-state index in [0.29, 0.717) is 34.2 Å². The van der Waals surface area contributed by atoms with Gasteiger partial charge in [-0.15, -0.1) is 0 Å². The molecule has 1 aromatic carbocycles. The maximum Gasteiger partial charge on any atom is 0.316 e. The van der Waals surface area contributed by atoms with Gasteiger partial charge in [0.15, 0.2) is 17.3 Å². The van der Waals surface area contributed by atoms with E-state index in [2.05, 4.69) is 25.5 Å². The summed E-state index contributed by atoms with van der Waals surface area (Å²) >= 11 is 0. The fourth-order valence-corrected chi connectivity index (χ4v) is 2.15. The molecule has 2 heterocycles. The zero-order valence-electron chi connectivity index (χ0n) is 11.9. The first-order valence-electron chi connectivity index (χ1n) is 6.34. The molecule has 2 amide bonds. The average molecular weight is 302 g/mol. The Labute approximate surface area is 124 Å². The summed E-state index contributed by atoms with van der Waals surface area (Å²) in [6.45, 7) is 0. The van der Waals surface area contributed by atoms with Gasteiger partial charge in [-0.3, -0.25) is 5.10 Å². The Morgan fingerprint density at radius 3 is 2.68 bits per heavy atom. The van der Waals surface area contributed by atoms with Gasteiger partial charge in [0.25, 0.3) is 0 Å². The zero-order chi connectivity index (χ0) is 15.7. The Kier molecular flexibility index (Phi) is 3.30. The summed E-state index contributed by atoms with van der Waals surface area (Å²) < 4.78 is 10.5. The van der Waals surface area contributed by atoms with Crippen LogP contribution in [0.4, 0.5) is 10.5 Å². The molecule has 0 aliphatic heterocycles. The third-order valence-corrected chi connectivity index (χ3v) is 3.12. The van der Waals surface area contributed by atoms with Gasteiger partial charge in [0, 0.05) is 12.1 Å². The highest BCUT2D eigenvalue weighted by Crippen LogP contribution is 2.33. The van der Waals surface area contributed by atoms with Crippen LogP contribution < -0.4 is 20.5 Å². The fourth-order valence-electron chi connectivity index (χ4n) is 2.15. The van der Waals surface area contributed by atoms with Crippen molar-refractivity contribution in [1.29, 1.82) is 0 Å². The van der Waals surface area contributed by atoms with E-state index >= 15 is 0 Å². The first-order valence-corrected chi connectivity index (χ1v) is 6.34. The molecular formula is C13H14N6O3. The predicted octanol–water partition coefficient (Wildman–Crippen LogP) is 1.46. The average Bonchev–Trinajstić information content (AvgIpc) is 3.10. The summed E-state index contributed by atoms with van der Waals surface area (Å²) in [5, 5.41) is 9.13. The van der Waals surface area contributed by atoms with Crippen LogP contribution in [0.15, 0.2) is 18.3 Å². The number of nitrogens with one attached hydrogen (secondary N) is 3. The monoisotopic (exact) mass is 302 g/mol. The van der Waals surface area contributed by atoms with Crippen molar-refractivity contribution in [2.24, 2.45) is 5.73 Å². The minimum absolute atomic E-state index is 0.436. The molecule has 0 aliphatic rings. The Morgan fingerprint density at radius 2 is 2.00 bits per heavy atom. The Morgan fingerprint density at radius 1 is 1.27 bits per heavy atom. The van der Waals surface area contributed by atoms with Crippen LogP contribution >= 0.6 is 0 Å². The molecule has 22 heavy (non-hydrogen) atoms. The molecule has 5 N–H and O–H groups in total. The van der Waals surface area contributed by atoms with Gasteiger partial charge in [-0.2, -0.15) is 5.10 Å². The number of carbonyl (C=O) groups excluding carboxylic acids is 1. The first kappa shape index (κ1) is 13.7. The van der Waals surface area contributed by atoms with E-state index in [-0.39, 0.29) is 0 Å². The third kappa shape index (κ3) is 2.28. The minimum Gasteiger partial charge on any atom is -0.493 e. The van der Waals surface area contributed by atoms with Crippen molar-refractivity contribution >= 4 is 22.8 Å². The molecule has 9 nitrogen and oxygen atoms in total. The van der Waals surface area contributed by atoms with Crippen LogP contribution in [0.3, 0.4) is 0 Å². The Bertz CT molecular complexity index is 797. The topological polar surface area (TPSA) is 131 Å². The minimum atomic E-state index is -0.679. The van der Waals surface area contributed by atoms with E-state index in [1.54, 1.807) is 26.4 Å². The smallest absolute Gasteiger partial charge is 0.316 e. The molecule has 0 saturated carbocycles. The lowest BCUT2D eigenvalue weighted by Gasteiger charge is -2.06. The number of urea groups is 1. The number of imidazole rings is 1.